The smallest absolute Gasteiger partial charge is 0.278 e. The fraction of sp³-hybridized carbons (Fsp3) is 0.500. The lowest BCUT2D eigenvalue weighted by Crippen LogP contribution is -2.57. The zero-order chi connectivity index (χ0) is 11.5. The molecule has 0 aromatic carbocycles. The molecule has 5 N–H and O–H groups in total. The Bertz CT molecular complexity index is 315. The summed E-state index contributed by atoms with van der Waals surface area (Å²) in [6, 6.07) is -1.35. The van der Waals surface area contributed by atoms with Crippen molar-refractivity contribution < 1.29 is 15.1 Å². The van der Waals surface area contributed by atoms with Gasteiger partial charge in [-0.05, 0) is 12.2 Å². The van der Waals surface area contributed by atoms with E-state index in [0.717, 1.165) is 6.08 Å². The lowest BCUT2D eigenvalue weighted by atomic mass is 9.97. The van der Waals surface area contributed by atoms with Gasteiger partial charge in [-0.1, -0.05) is 0 Å². The van der Waals surface area contributed by atoms with Crippen molar-refractivity contribution in [2.45, 2.75) is 11.8 Å². The predicted molar refractivity (Wildman–Crippen MR) is 52.2 cm³/mol. The van der Waals surface area contributed by atoms with Gasteiger partial charge in [-0.2, -0.15) is 0 Å². The van der Waals surface area contributed by atoms with Crippen LogP contribution in [0.1, 0.15) is 0 Å². The van der Waals surface area contributed by atoms with Crippen molar-refractivity contribution in [2.75, 3.05) is 13.2 Å². The van der Waals surface area contributed by atoms with E-state index in [1.54, 1.807) is 0 Å². The summed E-state index contributed by atoms with van der Waals surface area (Å²) < 4.78 is 0. The van der Waals surface area contributed by atoms with Crippen molar-refractivity contribution >= 4 is 0 Å². The minimum atomic E-state index is -1.80. The quantitative estimate of drug-likeness (QED) is 0.252. The van der Waals surface area contributed by atoms with Gasteiger partial charge < -0.3 is 15.9 Å². The summed E-state index contributed by atoms with van der Waals surface area (Å²) in [5.41, 5.74) is 3.83. The molecule has 7 heteroatoms. The Kier molecular flexibility index (Phi) is 3.40. The molecule has 2 atom stereocenters. The number of nitrogens with zero attached hydrogens (tertiary/aromatic N) is 1. The van der Waals surface area contributed by atoms with Gasteiger partial charge in [0.05, 0.1) is 6.61 Å². The van der Waals surface area contributed by atoms with Crippen molar-refractivity contribution in [1.82, 2.24) is 5.32 Å². The third kappa shape index (κ3) is 2.52. The molecule has 1 rings (SSSR count). The highest BCUT2D eigenvalue weighted by atomic mass is 16.6. The van der Waals surface area contributed by atoms with Crippen LogP contribution in [-0.4, -0.2) is 40.1 Å². The summed E-state index contributed by atoms with van der Waals surface area (Å²) in [5.74, 6) is 0. The number of hydrogen-bond donors (Lipinski definition) is 4. The highest BCUT2D eigenvalue weighted by Crippen LogP contribution is 2.19. The van der Waals surface area contributed by atoms with Crippen molar-refractivity contribution in [3.05, 3.63) is 34.0 Å². The number of allylic oxidation sites excluding steroid dienone is 1. The molecule has 0 fully saturated rings. The Hall–Kier alpha value is -1.44. The average molecular weight is 215 g/mol. The van der Waals surface area contributed by atoms with E-state index in [-0.39, 0.29) is 18.8 Å². The van der Waals surface area contributed by atoms with Crippen LogP contribution in [0.15, 0.2) is 23.9 Å². The van der Waals surface area contributed by atoms with Crippen molar-refractivity contribution in [3.8, 4) is 0 Å². The van der Waals surface area contributed by atoms with Crippen LogP contribution in [0.25, 0.3) is 0 Å². The fourth-order valence-corrected chi connectivity index (χ4v) is 1.33. The largest absolute Gasteiger partial charge is 0.399 e. The third-order valence-electron chi connectivity index (χ3n) is 2.08. The van der Waals surface area contributed by atoms with Crippen LogP contribution >= 0.6 is 0 Å². The number of nitrogens with one attached hydrogen (secondary N) is 1. The molecule has 0 aliphatic heterocycles. The second kappa shape index (κ2) is 4.39. The molecule has 1 aliphatic rings. The number of rotatable bonds is 4. The first-order chi connectivity index (χ1) is 6.99. The van der Waals surface area contributed by atoms with E-state index < -0.39 is 16.7 Å². The highest BCUT2D eigenvalue weighted by Gasteiger charge is 2.43. The first-order valence-corrected chi connectivity index (χ1v) is 4.38. The first kappa shape index (κ1) is 11.6. The minimum absolute atomic E-state index is 0.0545. The monoisotopic (exact) mass is 215 g/mol. The van der Waals surface area contributed by atoms with E-state index in [9.17, 15) is 15.2 Å². The summed E-state index contributed by atoms with van der Waals surface area (Å²) >= 11 is 0. The Balaban J connectivity index is 2.87. The predicted octanol–water partition coefficient (Wildman–Crippen LogP) is -1.69. The van der Waals surface area contributed by atoms with Gasteiger partial charge in [0.2, 0.25) is 5.72 Å². The van der Waals surface area contributed by atoms with E-state index in [4.69, 9.17) is 10.8 Å². The molecule has 0 heterocycles. The van der Waals surface area contributed by atoms with Gasteiger partial charge in [0.15, 0.2) is 0 Å². The van der Waals surface area contributed by atoms with Gasteiger partial charge in [-0.15, -0.1) is 0 Å². The zero-order valence-corrected chi connectivity index (χ0v) is 7.96. The molecule has 1 aliphatic carbocycles. The summed E-state index contributed by atoms with van der Waals surface area (Å²) in [5, 5.41) is 31.6. The molecule has 0 saturated carbocycles. The molecule has 0 bridgehead atoms. The molecule has 15 heavy (non-hydrogen) atoms. The van der Waals surface area contributed by atoms with Crippen molar-refractivity contribution in [1.29, 1.82) is 0 Å². The average Bonchev–Trinajstić information content (AvgIpc) is 2.19. The SMILES string of the molecule is NC1=CC([N+](=O)[O-])C(O)(NCCO)C=C1. The van der Waals surface area contributed by atoms with E-state index in [1.165, 1.54) is 12.2 Å². The Labute approximate surface area is 86.0 Å². The second-order valence-corrected chi connectivity index (χ2v) is 3.21. The van der Waals surface area contributed by atoms with E-state index in [1.807, 2.05) is 0 Å². The van der Waals surface area contributed by atoms with Crippen molar-refractivity contribution in [2.24, 2.45) is 5.73 Å². The molecule has 84 valence electrons. The van der Waals surface area contributed by atoms with Crippen LogP contribution in [0.5, 0.6) is 0 Å². The Morgan fingerprint density at radius 2 is 2.40 bits per heavy atom. The Morgan fingerprint density at radius 1 is 1.73 bits per heavy atom. The number of aliphatic hydroxyl groups excluding tert-OH is 1. The highest BCUT2D eigenvalue weighted by molar-refractivity contribution is 5.28. The molecule has 7 nitrogen and oxygen atoms in total. The van der Waals surface area contributed by atoms with E-state index in [0.29, 0.717) is 0 Å². The lowest BCUT2D eigenvalue weighted by Gasteiger charge is -2.29. The fourth-order valence-electron chi connectivity index (χ4n) is 1.33. The van der Waals surface area contributed by atoms with Crippen LogP contribution in [0.4, 0.5) is 0 Å². The summed E-state index contributed by atoms with van der Waals surface area (Å²) in [4.78, 5) is 10.0. The maximum Gasteiger partial charge on any atom is 0.278 e. The molecule has 0 saturated heterocycles. The first-order valence-electron chi connectivity index (χ1n) is 4.38. The van der Waals surface area contributed by atoms with Crippen LogP contribution in [0, 0.1) is 10.1 Å². The van der Waals surface area contributed by atoms with Crippen LogP contribution < -0.4 is 11.1 Å². The molecule has 0 radical (unpaired) electrons. The van der Waals surface area contributed by atoms with Gasteiger partial charge in [0.25, 0.3) is 6.04 Å². The molecule has 0 spiro atoms. The number of aliphatic hydroxyl groups is 2. The van der Waals surface area contributed by atoms with E-state index in [2.05, 4.69) is 5.32 Å². The molecule has 2 unspecified atom stereocenters. The summed E-state index contributed by atoms with van der Waals surface area (Å²) in [7, 11) is 0. The topological polar surface area (TPSA) is 122 Å². The van der Waals surface area contributed by atoms with E-state index >= 15 is 0 Å². The van der Waals surface area contributed by atoms with Gasteiger partial charge in [-0.25, -0.2) is 0 Å². The number of nitrogens with two attached hydrogens (primary N) is 1. The summed E-state index contributed by atoms with van der Waals surface area (Å²) in [6.07, 6.45) is 3.75. The molecule has 0 aromatic rings. The number of nitro groups is 1. The van der Waals surface area contributed by atoms with Gasteiger partial charge in [-0.3, -0.25) is 15.4 Å². The van der Waals surface area contributed by atoms with Gasteiger partial charge in [0.1, 0.15) is 0 Å². The molecule has 0 aromatic heterocycles. The standard InChI is InChI=1S/C8H13N3O4/c9-6-1-2-8(13,10-3-4-12)7(5-6)11(14)15/h1-2,5,7,10,12-13H,3-4,9H2. The van der Waals surface area contributed by atoms with Crippen LogP contribution in [0.2, 0.25) is 0 Å². The zero-order valence-electron chi connectivity index (χ0n) is 7.96. The van der Waals surface area contributed by atoms with Gasteiger partial charge >= 0.3 is 0 Å². The third-order valence-corrected chi connectivity index (χ3v) is 2.08. The second-order valence-electron chi connectivity index (χ2n) is 3.21. The lowest BCUT2D eigenvalue weighted by molar-refractivity contribution is -0.530. The molecule has 0 amide bonds. The number of hydrogen-bond acceptors (Lipinski definition) is 6. The molecular formula is C8H13N3O4. The van der Waals surface area contributed by atoms with Crippen molar-refractivity contribution in [3.63, 3.8) is 0 Å². The summed E-state index contributed by atoms with van der Waals surface area (Å²) in [6.45, 7) is -0.168. The minimum Gasteiger partial charge on any atom is -0.399 e. The maximum absolute atomic E-state index is 10.7. The van der Waals surface area contributed by atoms with Crippen LogP contribution in [-0.2, 0) is 0 Å². The van der Waals surface area contributed by atoms with Crippen LogP contribution in [0.3, 0.4) is 0 Å². The maximum atomic E-state index is 10.7. The van der Waals surface area contributed by atoms with Gasteiger partial charge in [0, 0.05) is 23.2 Å². The Morgan fingerprint density at radius 3 is 2.93 bits per heavy atom. The normalized spacial score (nSPS) is 30.0. The molecular weight excluding hydrogens is 202 g/mol.